The van der Waals surface area contributed by atoms with E-state index in [9.17, 15) is 9.59 Å². The first-order valence-corrected chi connectivity index (χ1v) is 6.45. The molecule has 0 spiro atoms. The van der Waals surface area contributed by atoms with E-state index >= 15 is 0 Å². The van der Waals surface area contributed by atoms with E-state index in [4.69, 9.17) is 28.3 Å². The van der Waals surface area contributed by atoms with Crippen LogP contribution in [0.4, 0.5) is 5.69 Å². The Balaban J connectivity index is 2.17. The molecule has 0 aromatic heterocycles. The topological polar surface area (TPSA) is 66.4 Å². The number of aliphatic carboxylic acids is 1. The summed E-state index contributed by atoms with van der Waals surface area (Å²) in [4.78, 5) is 23.3. The summed E-state index contributed by atoms with van der Waals surface area (Å²) in [6.45, 7) is 3.21. The third kappa shape index (κ3) is 2.30. The summed E-state index contributed by atoms with van der Waals surface area (Å²) in [6, 6.07) is 4.68. The maximum atomic E-state index is 12.2. The van der Waals surface area contributed by atoms with Crippen molar-refractivity contribution in [1.82, 2.24) is 0 Å². The Morgan fingerprint density at radius 2 is 1.68 bits per heavy atom. The van der Waals surface area contributed by atoms with Crippen molar-refractivity contribution in [3.63, 3.8) is 0 Å². The molecule has 0 radical (unpaired) electrons. The van der Waals surface area contributed by atoms with Gasteiger partial charge in [0, 0.05) is 15.7 Å². The van der Waals surface area contributed by atoms with Crippen LogP contribution < -0.4 is 5.32 Å². The largest absolute Gasteiger partial charge is 0.481 e. The van der Waals surface area contributed by atoms with Crippen LogP contribution >= 0.6 is 23.2 Å². The molecule has 1 aliphatic carbocycles. The highest BCUT2D eigenvalue weighted by molar-refractivity contribution is 6.35. The van der Waals surface area contributed by atoms with E-state index in [0.29, 0.717) is 22.2 Å². The van der Waals surface area contributed by atoms with Crippen LogP contribution in [0.1, 0.15) is 20.3 Å². The molecule has 0 heterocycles. The van der Waals surface area contributed by atoms with E-state index in [1.165, 1.54) is 0 Å². The van der Waals surface area contributed by atoms with E-state index in [-0.39, 0.29) is 5.91 Å². The van der Waals surface area contributed by atoms with Gasteiger partial charge < -0.3 is 10.4 Å². The molecule has 1 aromatic rings. The third-order valence-electron chi connectivity index (χ3n) is 3.89. The molecule has 0 saturated heterocycles. The molecule has 19 heavy (non-hydrogen) atoms. The molecule has 0 bridgehead atoms. The molecule has 4 nitrogen and oxygen atoms in total. The van der Waals surface area contributed by atoms with Crippen molar-refractivity contribution < 1.29 is 14.7 Å². The van der Waals surface area contributed by atoms with E-state index in [1.54, 1.807) is 32.0 Å². The maximum Gasteiger partial charge on any atom is 0.310 e. The van der Waals surface area contributed by atoms with E-state index < -0.39 is 16.8 Å². The Hall–Kier alpha value is -1.26. The molecule has 1 fully saturated rings. The number of rotatable bonds is 3. The molecular formula is C13H13Cl2NO3. The van der Waals surface area contributed by atoms with E-state index in [2.05, 4.69) is 5.32 Å². The zero-order valence-electron chi connectivity index (χ0n) is 10.5. The molecule has 1 aliphatic rings. The van der Waals surface area contributed by atoms with Gasteiger partial charge >= 0.3 is 5.97 Å². The zero-order chi connectivity index (χ0) is 14.4. The number of hydrogen-bond donors (Lipinski definition) is 2. The highest BCUT2D eigenvalue weighted by Gasteiger charge is 2.70. The van der Waals surface area contributed by atoms with Crippen LogP contribution in [0.2, 0.25) is 10.0 Å². The van der Waals surface area contributed by atoms with Gasteiger partial charge in [0.15, 0.2) is 0 Å². The predicted octanol–water partition coefficient (Wildman–Crippen LogP) is 3.43. The first-order valence-electron chi connectivity index (χ1n) is 5.70. The zero-order valence-corrected chi connectivity index (χ0v) is 12.0. The fourth-order valence-corrected chi connectivity index (χ4v) is 2.73. The SMILES string of the molecule is CC1(C(=O)O)CC1(C)C(=O)Nc1cc(Cl)cc(Cl)c1. The van der Waals surface area contributed by atoms with Crippen molar-refractivity contribution in [3.05, 3.63) is 28.2 Å². The second-order valence-corrected chi connectivity index (χ2v) is 6.13. The Labute approximate surface area is 120 Å². The van der Waals surface area contributed by atoms with Crippen molar-refractivity contribution in [2.75, 3.05) is 5.32 Å². The standard InChI is InChI=1S/C13H13Cl2NO3/c1-12(6-13(12,2)11(18)19)10(17)16-9-4-7(14)3-8(15)5-9/h3-5H,6H2,1-2H3,(H,16,17)(H,18,19). The molecule has 2 unspecified atom stereocenters. The summed E-state index contributed by atoms with van der Waals surface area (Å²) in [5.74, 6) is -1.30. The number of carbonyl (C=O) groups excluding carboxylic acids is 1. The quantitative estimate of drug-likeness (QED) is 0.899. The molecule has 1 aromatic carbocycles. The number of benzene rings is 1. The Morgan fingerprint density at radius 3 is 2.11 bits per heavy atom. The van der Waals surface area contributed by atoms with Gasteiger partial charge in [-0.1, -0.05) is 23.2 Å². The fourth-order valence-electron chi connectivity index (χ4n) is 2.20. The fraction of sp³-hybridized carbons (Fsp3) is 0.385. The molecule has 6 heteroatoms. The summed E-state index contributed by atoms with van der Waals surface area (Å²) in [6.07, 6.45) is 0.315. The molecule has 1 saturated carbocycles. The normalized spacial score (nSPS) is 28.8. The van der Waals surface area contributed by atoms with Gasteiger partial charge in [0.1, 0.15) is 0 Å². The first-order chi connectivity index (χ1) is 8.69. The lowest BCUT2D eigenvalue weighted by Crippen LogP contribution is -2.30. The van der Waals surface area contributed by atoms with Gasteiger partial charge in [-0.05, 0) is 38.5 Å². The van der Waals surface area contributed by atoms with Crippen LogP contribution in [-0.4, -0.2) is 17.0 Å². The number of amides is 1. The second-order valence-electron chi connectivity index (χ2n) is 5.26. The predicted molar refractivity (Wildman–Crippen MR) is 73.6 cm³/mol. The van der Waals surface area contributed by atoms with Crippen LogP contribution in [0.25, 0.3) is 0 Å². The van der Waals surface area contributed by atoms with Gasteiger partial charge in [-0.2, -0.15) is 0 Å². The number of carbonyl (C=O) groups is 2. The highest BCUT2D eigenvalue weighted by Crippen LogP contribution is 2.64. The first kappa shape index (κ1) is 14.2. The molecular weight excluding hydrogens is 289 g/mol. The number of carboxylic acids is 1. The lowest BCUT2D eigenvalue weighted by molar-refractivity contribution is -0.145. The minimum absolute atomic E-state index is 0.315. The number of halogens is 2. The molecule has 2 atom stereocenters. The lowest BCUT2D eigenvalue weighted by Gasteiger charge is -2.15. The van der Waals surface area contributed by atoms with E-state index in [1.807, 2.05) is 0 Å². The Morgan fingerprint density at radius 1 is 1.16 bits per heavy atom. The van der Waals surface area contributed by atoms with Gasteiger partial charge in [0.05, 0.1) is 10.8 Å². The van der Waals surface area contributed by atoms with Crippen molar-refractivity contribution in [3.8, 4) is 0 Å². The van der Waals surface area contributed by atoms with Gasteiger partial charge in [-0.15, -0.1) is 0 Å². The number of anilines is 1. The summed E-state index contributed by atoms with van der Waals surface area (Å²) < 4.78 is 0. The van der Waals surface area contributed by atoms with E-state index in [0.717, 1.165) is 0 Å². The van der Waals surface area contributed by atoms with Crippen molar-refractivity contribution >= 4 is 40.8 Å². The summed E-state index contributed by atoms with van der Waals surface area (Å²) in [5, 5.41) is 12.6. The lowest BCUT2D eigenvalue weighted by atomic mass is 9.95. The summed E-state index contributed by atoms with van der Waals surface area (Å²) >= 11 is 11.7. The molecule has 2 N–H and O–H groups in total. The Kier molecular flexibility index (Phi) is 3.27. The highest BCUT2D eigenvalue weighted by atomic mass is 35.5. The molecule has 0 aliphatic heterocycles. The van der Waals surface area contributed by atoms with Gasteiger partial charge in [0.2, 0.25) is 5.91 Å². The summed E-state index contributed by atoms with van der Waals surface area (Å²) in [7, 11) is 0. The maximum absolute atomic E-state index is 12.2. The van der Waals surface area contributed by atoms with Crippen LogP contribution in [0, 0.1) is 10.8 Å². The smallest absolute Gasteiger partial charge is 0.310 e. The van der Waals surface area contributed by atoms with Crippen molar-refractivity contribution in [2.45, 2.75) is 20.3 Å². The average Bonchev–Trinajstić information content (AvgIpc) is 2.83. The monoisotopic (exact) mass is 301 g/mol. The Bertz CT molecular complexity index is 555. The third-order valence-corrected chi connectivity index (χ3v) is 4.33. The van der Waals surface area contributed by atoms with Crippen LogP contribution in [0.15, 0.2) is 18.2 Å². The second kappa shape index (κ2) is 4.39. The van der Waals surface area contributed by atoms with Gasteiger partial charge in [0.25, 0.3) is 0 Å². The number of nitrogens with one attached hydrogen (secondary N) is 1. The van der Waals surface area contributed by atoms with Gasteiger partial charge in [-0.3, -0.25) is 9.59 Å². The van der Waals surface area contributed by atoms with Crippen molar-refractivity contribution in [2.24, 2.45) is 10.8 Å². The van der Waals surface area contributed by atoms with Gasteiger partial charge in [-0.25, -0.2) is 0 Å². The number of carboxylic acid groups (broad SMARTS) is 1. The van der Waals surface area contributed by atoms with Crippen LogP contribution in [0.5, 0.6) is 0 Å². The molecule has 102 valence electrons. The van der Waals surface area contributed by atoms with Crippen molar-refractivity contribution in [1.29, 1.82) is 0 Å². The van der Waals surface area contributed by atoms with Crippen LogP contribution in [0.3, 0.4) is 0 Å². The summed E-state index contributed by atoms with van der Waals surface area (Å²) in [5.41, 5.74) is -1.46. The average molecular weight is 302 g/mol. The molecule has 2 rings (SSSR count). The molecule has 1 amide bonds. The minimum atomic E-state index is -1.01. The van der Waals surface area contributed by atoms with Crippen LogP contribution in [-0.2, 0) is 9.59 Å². The minimum Gasteiger partial charge on any atom is -0.481 e. The number of hydrogen-bond acceptors (Lipinski definition) is 2.